The number of hydrogen-bond donors (Lipinski definition) is 1. The fraction of sp³-hybridized carbons (Fsp3) is 0.455. The lowest BCUT2D eigenvalue weighted by atomic mass is 9.12. The molecule has 368 valence electrons. The van der Waals surface area contributed by atoms with Crippen LogP contribution < -0.4 is 31.9 Å². The number of benzene rings is 4. The van der Waals surface area contributed by atoms with Crippen LogP contribution in [0.25, 0.3) is 0 Å². The molecule has 0 aliphatic rings. The van der Waals surface area contributed by atoms with Crippen LogP contribution in [0, 0.1) is 0 Å². The Morgan fingerprint density at radius 3 is 0.803 bits per heavy atom. The number of unbranched alkanes of at least 4 members (excludes halogenated alkanes) is 3. The lowest BCUT2D eigenvalue weighted by Crippen LogP contribution is -3.12. The van der Waals surface area contributed by atoms with E-state index in [-0.39, 0.29) is 41.6 Å². The summed E-state index contributed by atoms with van der Waals surface area (Å²) in [7, 11) is -2.97. The molecule has 0 aromatic heterocycles. The maximum Gasteiger partial charge on any atom is 0.416 e. The monoisotopic (exact) mass is 1010 g/mol. The second kappa shape index (κ2) is 21.2. The molecule has 0 radical (unpaired) electrons. The Morgan fingerprint density at radius 2 is 0.621 bits per heavy atom. The molecule has 66 heavy (non-hydrogen) atoms. The molecule has 22 heteroatoms. The number of quaternary nitrogens is 1. The molecule has 0 atom stereocenters. The van der Waals surface area contributed by atoms with Gasteiger partial charge in [-0.3, -0.25) is 0 Å². The molecule has 0 aliphatic carbocycles. The highest BCUT2D eigenvalue weighted by atomic mass is 35.6. The average molecular weight is 1010 g/mol. The predicted octanol–water partition coefficient (Wildman–Crippen LogP) is 12.1. The molecule has 0 fully saturated rings. The third-order valence-corrected chi connectivity index (χ3v) is 13.4. The molecule has 4 rings (SSSR count). The summed E-state index contributed by atoms with van der Waals surface area (Å²) in [5, 5.41) is 0.188. The Kier molecular flexibility index (Phi) is 18.1. The van der Waals surface area contributed by atoms with Crippen molar-refractivity contribution < 1.29 is 83.9 Å². The van der Waals surface area contributed by atoms with Gasteiger partial charge in [0, 0.05) is 0 Å². The number of rotatable bonds is 14. The van der Waals surface area contributed by atoms with Crippen molar-refractivity contribution in [2.75, 3.05) is 19.6 Å². The largest absolute Gasteiger partial charge is 0.416 e. The molecule has 0 heterocycles. The first-order valence-corrected chi connectivity index (χ1v) is 24.7. The summed E-state index contributed by atoms with van der Waals surface area (Å²) in [6.07, 6.45) is -31.0. The van der Waals surface area contributed by atoms with Crippen molar-refractivity contribution in [3.63, 3.8) is 0 Å². The van der Waals surface area contributed by atoms with Gasteiger partial charge in [-0.15, -0.1) is 0 Å². The summed E-state index contributed by atoms with van der Waals surface area (Å²) in [4.78, 5) is 1.84. The third-order valence-electron chi connectivity index (χ3n) is 11.1. The lowest BCUT2D eigenvalue weighted by Gasteiger charge is -2.46. The topological polar surface area (TPSA) is 4.44 Å². The molecule has 4 aromatic rings. The van der Waals surface area contributed by atoms with Gasteiger partial charge in [-0.25, -0.2) is 0 Å². The van der Waals surface area contributed by atoms with Crippen LogP contribution >= 0.6 is 11.1 Å². The Hall–Kier alpha value is -3.85. The number of alkyl halides is 18. The maximum absolute atomic E-state index is 14.2. The van der Waals surface area contributed by atoms with E-state index < -0.39 is 124 Å². The van der Waals surface area contributed by atoms with Crippen LogP contribution in [0.5, 0.6) is 0 Å². The van der Waals surface area contributed by atoms with E-state index in [0.29, 0.717) is 0 Å². The van der Waals surface area contributed by atoms with Crippen molar-refractivity contribution in [3.8, 4) is 0 Å². The van der Waals surface area contributed by atoms with E-state index in [0.717, 1.165) is 24.3 Å². The van der Waals surface area contributed by atoms with Crippen LogP contribution in [-0.4, -0.2) is 33.2 Å². The minimum absolute atomic E-state index is 0.176. The number of halogens is 19. The van der Waals surface area contributed by atoms with Gasteiger partial charge < -0.3 is 4.90 Å². The second-order valence-corrected chi connectivity index (χ2v) is 22.9. The van der Waals surface area contributed by atoms with Crippen LogP contribution in [0.2, 0.25) is 13.1 Å². The van der Waals surface area contributed by atoms with Gasteiger partial charge in [-0.05, 0) is 42.6 Å². The maximum atomic E-state index is 14.2. The summed E-state index contributed by atoms with van der Waals surface area (Å²) in [5.41, 5.74) is -18.8. The number of hydrogen-bond acceptors (Lipinski definition) is 0. The van der Waals surface area contributed by atoms with Gasteiger partial charge in [-0.2, -0.15) is 112 Å². The highest BCUT2D eigenvalue weighted by molar-refractivity contribution is 7.26. The Bertz CT molecular complexity index is 1900. The zero-order valence-electron chi connectivity index (χ0n) is 36.1. The van der Waals surface area contributed by atoms with Gasteiger partial charge in [0.25, 0.3) is 0 Å². The van der Waals surface area contributed by atoms with Gasteiger partial charge in [0.2, 0.25) is 0 Å². The van der Waals surface area contributed by atoms with E-state index in [1.807, 2.05) is 4.90 Å². The van der Waals surface area contributed by atoms with E-state index in [4.69, 9.17) is 11.1 Å². The Labute approximate surface area is 376 Å². The minimum Gasteiger partial charge on any atom is -0.335 e. The smallest absolute Gasteiger partial charge is 0.335 e. The standard InChI is InChI=1S/C32H19BClF18Si.C12H27N/c1-53(2,34)26-5-3-22(4-6-26)33(23-10-16(27(35,36)37)7-17(11-23)28(38,39)40,24-12-18(29(41,42)43)8-19(13-24)30(44,45)46)25-14-20(31(47,48)49)9-21(15-25)32(50,51)52;1-4-7-10-13(11-8-5-2)12-9-6-3/h3-15H,1-2H3;4-12H2,1-3H3/q-1;/p+1. The van der Waals surface area contributed by atoms with Gasteiger partial charge in [0.05, 0.1) is 53.0 Å². The first kappa shape index (κ1) is 56.5. The summed E-state index contributed by atoms with van der Waals surface area (Å²) in [6, 6.07) is 1.00. The van der Waals surface area contributed by atoms with E-state index >= 15 is 0 Å². The SMILES string of the molecule is CCCC[NH+](CCCC)CCCC.C[Si](C)(Cl)c1ccc([B-](c2cc(C(F)(F)F)cc(C(F)(F)F)c2)(c2cc(C(F)(F)F)cc(C(F)(F)F)c2)c2cc(C(F)(F)F)cc(C(F)(F)F)c2)cc1. The number of nitrogens with one attached hydrogen (secondary N) is 1. The highest BCUT2D eigenvalue weighted by Crippen LogP contribution is 2.39. The van der Waals surface area contributed by atoms with Gasteiger partial charge >= 0.3 is 37.1 Å². The molecule has 4 aromatic carbocycles. The van der Waals surface area contributed by atoms with Crippen molar-refractivity contribution >= 4 is 51.6 Å². The molecular weight excluding hydrogens is 959 g/mol. The quantitative estimate of drug-likeness (QED) is 0.0729. The molecule has 0 saturated carbocycles. The lowest BCUT2D eigenvalue weighted by molar-refractivity contribution is -0.900. The van der Waals surface area contributed by atoms with Crippen LogP contribution in [0.15, 0.2) is 78.9 Å². The molecule has 1 N–H and O–H groups in total. The summed E-state index contributed by atoms with van der Waals surface area (Å²) < 4.78 is 256. The van der Waals surface area contributed by atoms with Crippen molar-refractivity contribution in [1.29, 1.82) is 0 Å². The van der Waals surface area contributed by atoms with Gasteiger partial charge in [0.15, 0.2) is 7.38 Å². The van der Waals surface area contributed by atoms with Crippen molar-refractivity contribution in [1.82, 2.24) is 0 Å². The Morgan fingerprint density at radius 1 is 0.394 bits per heavy atom. The zero-order chi connectivity index (χ0) is 50.5. The normalized spacial score (nSPS) is 13.5. The molecule has 1 nitrogen and oxygen atoms in total. The molecular formula is C44H47BClF18NSi. The van der Waals surface area contributed by atoms with Gasteiger partial charge in [0.1, 0.15) is 6.15 Å². The summed E-state index contributed by atoms with van der Waals surface area (Å²) in [5.74, 6) is 0. The van der Waals surface area contributed by atoms with E-state index in [9.17, 15) is 79.0 Å². The first-order valence-electron chi connectivity index (χ1n) is 20.7. The van der Waals surface area contributed by atoms with Crippen LogP contribution in [0.4, 0.5) is 79.0 Å². The molecule has 0 unspecified atom stereocenters. The predicted molar refractivity (Wildman–Crippen MR) is 223 cm³/mol. The van der Waals surface area contributed by atoms with Crippen molar-refractivity contribution in [2.24, 2.45) is 0 Å². The zero-order valence-corrected chi connectivity index (χ0v) is 37.9. The van der Waals surface area contributed by atoms with Crippen LogP contribution in [-0.2, 0) is 37.1 Å². The van der Waals surface area contributed by atoms with E-state index in [1.54, 1.807) is 0 Å². The second-order valence-electron chi connectivity index (χ2n) is 16.5. The highest BCUT2D eigenvalue weighted by Gasteiger charge is 2.45. The van der Waals surface area contributed by atoms with E-state index in [2.05, 4.69) is 20.8 Å². The van der Waals surface area contributed by atoms with Crippen molar-refractivity contribution in [3.05, 3.63) is 112 Å². The fourth-order valence-corrected chi connectivity index (χ4v) is 9.00. The van der Waals surface area contributed by atoms with Gasteiger partial charge in [-0.1, -0.05) is 114 Å². The molecule has 0 amide bonds. The van der Waals surface area contributed by atoms with Crippen LogP contribution in [0.3, 0.4) is 0 Å². The third kappa shape index (κ3) is 14.6. The molecule has 0 spiro atoms. The molecule has 0 aliphatic heterocycles. The molecule has 0 bridgehead atoms. The minimum atomic E-state index is -5.76. The molecule has 0 saturated heterocycles. The van der Waals surface area contributed by atoms with Crippen LogP contribution in [0.1, 0.15) is 92.7 Å². The fourth-order valence-electron chi connectivity index (χ4n) is 7.67. The average Bonchev–Trinajstić information content (AvgIpc) is 3.19. The van der Waals surface area contributed by atoms with E-state index in [1.165, 1.54) is 71.3 Å². The first-order chi connectivity index (χ1) is 30.0. The summed E-state index contributed by atoms with van der Waals surface area (Å²) in [6.45, 7) is 14.0. The Balaban J connectivity index is 0.000000771. The van der Waals surface area contributed by atoms with Crippen molar-refractivity contribution in [2.45, 2.75) is 109 Å². The summed E-state index contributed by atoms with van der Waals surface area (Å²) >= 11 is 6.40.